The van der Waals surface area contributed by atoms with Crippen LogP contribution in [0.1, 0.15) is 26.2 Å². The Balaban J connectivity index is 2.19. The van der Waals surface area contributed by atoms with E-state index in [4.69, 9.17) is 10.5 Å². The van der Waals surface area contributed by atoms with Crippen molar-refractivity contribution >= 4 is 15.7 Å². The first kappa shape index (κ1) is 14.1. The summed E-state index contributed by atoms with van der Waals surface area (Å²) in [5.74, 6) is 0.955. The van der Waals surface area contributed by atoms with Gasteiger partial charge in [-0.15, -0.1) is 0 Å². The molecule has 0 saturated heterocycles. The lowest BCUT2D eigenvalue weighted by molar-refractivity contribution is 0.415. The van der Waals surface area contributed by atoms with Gasteiger partial charge in [-0.25, -0.2) is 13.1 Å². The second-order valence-corrected chi connectivity index (χ2v) is 6.85. The van der Waals surface area contributed by atoms with Gasteiger partial charge in [0.05, 0.1) is 17.7 Å². The number of nitrogens with one attached hydrogen (secondary N) is 1. The predicted octanol–water partition coefficient (Wildman–Crippen LogP) is 1.74. The Bertz CT molecular complexity index is 557. The van der Waals surface area contributed by atoms with Crippen molar-refractivity contribution in [2.24, 2.45) is 5.92 Å². The van der Waals surface area contributed by atoms with Crippen LogP contribution in [0, 0.1) is 5.92 Å². The van der Waals surface area contributed by atoms with Gasteiger partial charge in [0.2, 0.25) is 10.0 Å². The molecule has 2 rings (SSSR count). The van der Waals surface area contributed by atoms with Gasteiger partial charge >= 0.3 is 0 Å². The van der Waals surface area contributed by atoms with Gasteiger partial charge in [0.1, 0.15) is 5.75 Å². The Morgan fingerprint density at radius 3 is 2.68 bits per heavy atom. The Hall–Kier alpha value is -1.27. The first-order valence-electron chi connectivity index (χ1n) is 6.38. The smallest absolute Gasteiger partial charge is 0.240 e. The van der Waals surface area contributed by atoms with Crippen LogP contribution in [-0.4, -0.2) is 21.6 Å². The zero-order valence-corrected chi connectivity index (χ0v) is 12.0. The van der Waals surface area contributed by atoms with E-state index in [1.807, 2.05) is 0 Å². The van der Waals surface area contributed by atoms with Crippen LogP contribution >= 0.6 is 0 Å². The Morgan fingerprint density at radius 2 is 2.11 bits per heavy atom. The molecule has 0 bridgehead atoms. The van der Waals surface area contributed by atoms with E-state index in [1.54, 1.807) is 6.07 Å². The second-order valence-electron chi connectivity index (χ2n) is 5.14. The number of anilines is 1. The summed E-state index contributed by atoms with van der Waals surface area (Å²) in [5, 5.41) is 0. The fourth-order valence-electron chi connectivity index (χ4n) is 2.46. The molecular weight excluding hydrogens is 264 g/mol. The van der Waals surface area contributed by atoms with E-state index in [0.29, 0.717) is 17.4 Å². The third-order valence-electron chi connectivity index (χ3n) is 3.53. The van der Waals surface area contributed by atoms with Crippen LogP contribution in [0.15, 0.2) is 23.1 Å². The normalized spacial score (nSPS) is 23.5. The fourth-order valence-corrected chi connectivity index (χ4v) is 3.76. The molecule has 1 aromatic carbocycles. The van der Waals surface area contributed by atoms with Crippen LogP contribution in [0.5, 0.6) is 5.75 Å². The summed E-state index contributed by atoms with van der Waals surface area (Å²) in [7, 11) is -2.04. The van der Waals surface area contributed by atoms with E-state index in [-0.39, 0.29) is 10.9 Å². The number of ether oxygens (including phenoxy) is 1. The molecule has 0 heterocycles. The van der Waals surface area contributed by atoms with Crippen LogP contribution in [0.2, 0.25) is 0 Å². The Morgan fingerprint density at radius 1 is 1.37 bits per heavy atom. The standard InChI is InChI=1S/C13H20N2O3S/c1-9-3-4-10(7-9)15-19(16,17)11-5-6-12(14)13(8-11)18-2/h5-6,8-10,15H,3-4,7,14H2,1-2H3. The summed E-state index contributed by atoms with van der Waals surface area (Å²) < 4.78 is 32.3. The van der Waals surface area contributed by atoms with E-state index >= 15 is 0 Å². The van der Waals surface area contributed by atoms with Crippen LogP contribution in [0.25, 0.3) is 0 Å². The van der Waals surface area contributed by atoms with E-state index in [9.17, 15) is 8.42 Å². The van der Waals surface area contributed by atoms with Crippen molar-refractivity contribution in [2.45, 2.75) is 37.1 Å². The molecule has 0 amide bonds. The molecule has 1 aliphatic carbocycles. The summed E-state index contributed by atoms with van der Waals surface area (Å²) >= 11 is 0. The largest absolute Gasteiger partial charge is 0.495 e. The molecule has 2 atom stereocenters. The summed E-state index contributed by atoms with van der Waals surface area (Å²) in [6, 6.07) is 4.53. The minimum Gasteiger partial charge on any atom is -0.495 e. The maximum absolute atomic E-state index is 12.3. The minimum atomic E-state index is -3.50. The van der Waals surface area contributed by atoms with Gasteiger partial charge < -0.3 is 10.5 Å². The van der Waals surface area contributed by atoms with Crippen molar-refractivity contribution in [1.29, 1.82) is 0 Å². The highest BCUT2D eigenvalue weighted by Crippen LogP contribution is 2.28. The highest BCUT2D eigenvalue weighted by atomic mass is 32.2. The molecule has 19 heavy (non-hydrogen) atoms. The number of rotatable bonds is 4. The molecule has 2 unspecified atom stereocenters. The summed E-state index contributed by atoms with van der Waals surface area (Å²) in [6.07, 6.45) is 2.86. The molecule has 1 fully saturated rings. The molecule has 1 saturated carbocycles. The van der Waals surface area contributed by atoms with Gasteiger partial charge in [-0.3, -0.25) is 0 Å². The molecular formula is C13H20N2O3S. The monoisotopic (exact) mass is 284 g/mol. The van der Waals surface area contributed by atoms with Crippen molar-refractivity contribution in [3.63, 3.8) is 0 Å². The van der Waals surface area contributed by atoms with E-state index < -0.39 is 10.0 Å². The van der Waals surface area contributed by atoms with Gasteiger partial charge in [-0.2, -0.15) is 0 Å². The van der Waals surface area contributed by atoms with E-state index in [0.717, 1.165) is 19.3 Å². The quantitative estimate of drug-likeness (QED) is 0.825. The average Bonchev–Trinajstić information content (AvgIpc) is 2.74. The number of benzene rings is 1. The van der Waals surface area contributed by atoms with E-state index in [1.165, 1.54) is 19.2 Å². The number of nitrogens with two attached hydrogens (primary N) is 1. The first-order chi connectivity index (χ1) is 8.92. The van der Waals surface area contributed by atoms with Gasteiger partial charge in [-0.05, 0) is 37.3 Å². The number of hydrogen-bond acceptors (Lipinski definition) is 4. The number of sulfonamides is 1. The fraction of sp³-hybridized carbons (Fsp3) is 0.538. The molecule has 1 aromatic rings. The molecule has 0 aromatic heterocycles. The van der Waals surface area contributed by atoms with Crippen LogP contribution < -0.4 is 15.2 Å². The maximum atomic E-state index is 12.3. The molecule has 106 valence electrons. The van der Waals surface area contributed by atoms with Crippen molar-refractivity contribution in [1.82, 2.24) is 4.72 Å². The molecule has 3 N–H and O–H groups in total. The van der Waals surface area contributed by atoms with Gasteiger partial charge in [0.25, 0.3) is 0 Å². The summed E-state index contributed by atoms with van der Waals surface area (Å²) in [6.45, 7) is 2.14. The Labute approximate surface area is 114 Å². The molecule has 0 spiro atoms. The predicted molar refractivity (Wildman–Crippen MR) is 74.5 cm³/mol. The van der Waals surface area contributed by atoms with Crippen molar-refractivity contribution in [2.75, 3.05) is 12.8 Å². The lowest BCUT2D eigenvalue weighted by Gasteiger charge is -2.14. The third kappa shape index (κ3) is 3.19. The van der Waals surface area contributed by atoms with Gasteiger partial charge in [0.15, 0.2) is 0 Å². The van der Waals surface area contributed by atoms with Crippen LogP contribution in [0.3, 0.4) is 0 Å². The Kier molecular flexibility index (Phi) is 4.01. The second kappa shape index (κ2) is 5.38. The summed E-state index contributed by atoms with van der Waals surface area (Å²) in [5.41, 5.74) is 6.11. The van der Waals surface area contributed by atoms with Crippen LogP contribution in [0.4, 0.5) is 5.69 Å². The van der Waals surface area contributed by atoms with Crippen LogP contribution in [-0.2, 0) is 10.0 Å². The average molecular weight is 284 g/mol. The minimum absolute atomic E-state index is 0.0311. The van der Waals surface area contributed by atoms with Crippen molar-refractivity contribution in [3.05, 3.63) is 18.2 Å². The first-order valence-corrected chi connectivity index (χ1v) is 7.86. The molecule has 1 aliphatic rings. The van der Waals surface area contributed by atoms with Gasteiger partial charge in [0, 0.05) is 12.1 Å². The zero-order valence-electron chi connectivity index (χ0n) is 11.2. The number of methoxy groups -OCH3 is 1. The summed E-state index contributed by atoms with van der Waals surface area (Å²) in [4.78, 5) is 0.193. The molecule has 6 heteroatoms. The maximum Gasteiger partial charge on any atom is 0.240 e. The lowest BCUT2D eigenvalue weighted by atomic mass is 10.1. The van der Waals surface area contributed by atoms with E-state index in [2.05, 4.69) is 11.6 Å². The zero-order chi connectivity index (χ0) is 14.0. The molecule has 0 aliphatic heterocycles. The van der Waals surface area contributed by atoms with Crippen molar-refractivity contribution < 1.29 is 13.2 Å². The number of hydrogen-bond donors (Lipinski definition) is 2. The highest BCUT2D eigenvalue weighted by Gasteiger charge is 2.26. The third-order valence-corrected chi connectivity index (χ3v) is 5.05. The SMILES string of the molecule is COc1cc(S(=O)(=O)NC2CCC(C)C2)ccc1N. The number of nitrogen functional groups attached to an aromatic ring is 1. The molecule has 5 nitrogen and oxygen atoms in total. The lowest BCUT2D eigenvalue weighted by Crippen LogP contribution is -2.32. The van der Waals surface area contributed by atoms with Crippen molar-refractivity contribution in [3.8, 4) is 5.75 Å². The molecule has 0 radical (unpaired) electrons. The highest BCUT2D eigenvalue weighted by molar-refractivity contribution is 7.89. The topological polar surface area (TPSA) is 81.4 Å². The van der Waals surface area contributed by atoms with Gasteiger partial charge in [-0.1, -0.05) is 6.92 Å².